The van der Waals surface area contributed by atoms with Gasteiger partial charge in [-0.3, -0.25) is 4.79 Å². The van der Waals surface area contributed by atoms with E-state index in [9.17, 15) is 4.79 Å². The van der Waals surface area contributed by atoms with Crippen molar-refractivity contribution in [1.29, 1.82) is 0 Å². The molecule has 0 spiro atoms. The van der Waals surface area contributed by atoms with Crippen LogP contribution in [0.1, 0.15) is 34.8 Å². The Morgan fingerprint density at radius 1 is 1.57 bits per heavy atom. The van der Waals surface area contributed by atoms with Crippen LogP contribution in [0.2, 0.25) is 0 Å². The Balaban J connectivity index is 2.94. The van der Waals surface area contributed by atoms with Crippen LogP contribution in [-0.2, 0) is 4.74 Å². The Labute approximate surface area is 88.9 Å². The van der Waals surface area contributed by atoms with Crippen molar-refractivity contribution in [3.8, 4) is 0 Å². The fourth-order valence-corrected chi connectivity index (χ4v) is 2.14. The van der Waals surface area contributed by atoms with Crippen molar-refractivity contribution in [2.75, 3.05) is 7.11 Å². The molecule has 1 heterocycles. The summed E-state index contributed by atoms with van der Waals surface area (Å²) in [7, 11) is 1.59. The van der Waals surface area contributed by atoms with Crippen LogP contribution in [0.15, 0.2) is 12.1 Å². The fourth-order valence-electron chi connectivity index (χ4n) is 1.21. The summed E-state index contributed by atoms with van der Waals surface area (Å²) < 4.78 is 5.27. The molecule has 0 N–H and O–H groups in total. The minimum absolute atomic E-state index is 0.0839. The highest BCUT2D eigenvalue weighted by molar-refractivity contribution is 7.14. The van der Waals surface area contributed by atoms with Gasteiger partial charge in [0, 0.05) is 12.0 Å². The highest BCUT2D eigenvalue weighted by Gasteiger charge is 2.32. The van der Waals surface area contributed by atoms with Crippen molar-refractivity contribution < 1.29 is 9.53 Å². The Bertz CT molecular complexity index is 324. The lowest BCUT2D eigenvalue weighted by Crippen LogP contribution is -2.36. The monoisotopic (exact) mass is 212 g/mol. The average molecular weight is 212 g/mol. The van der Waals surface area contributed by atoms with E-state index in [0.29, 0.717) is 6.42 Å². The molecular weight excluding hydrogens is 196 g/mol. The van der Waals surface area contributed by atoms with Gasteiger partial charge in [-0.1, -0.05) is 6.92 Å². The molecule has 1 aromatic heterocycles. The summed E-state index contributed by atoms with van der Waals surface area (Å²) in [5.41, 5.74) is -0.669. The standard InChI is InChI=1S/C11H16O2S/c1-5-11(3,13-4)10(12)9-7-6-8(2)14-9/h6-7H,5H2,1-4H3. The molecule has 0 radical (unpaired) electrons. The van der Waals surface area contributed by atoms with Crippen LogP contribution < -0.4 is 0 Å². The fraction of sp³-hybridized carbons (Fsp3) is 0.545. The number of hydrogen-bond acceptors (Lipinski definition) is 3. The molecule has 0 aliphatic rings. The van der Waals surface area contributed by atoms with Crippen LogP contribution in [0.5, 0.6) is 0 Å². The average Bonchev–Trinajstić information content (AvgIpc) is 2.62. The second kappa shape index (κ2) is 4.24. The SMILES string of the molecule is CCC(C)(OC)C(=O)c1ccc(C)s1. The molecule has 0 aliphatic carbocycles. The zero-order valence-corrected chi connectivity index (χ0v) is 9.90. The van der Waals surface area contributed by atoms with Gasteiger partial charge in [0.25, 0.3) is 0 Å². The molecule has 78 valence electrons. The number of carbonyl (C=O) groups is 1. The van der Waals surface area contributed by atoms with Crippen molar-refractivity contribution in [1.82, 2.24) is 0 Å². The first-order valence-electron chi connectivity index (χ1n) is 4.70. The summed E-state index contributed by atoms with van der Waals surface area (Å²) in [5, 5.41) is 0. The zero-order chi connectivity index (χ0) is 10.8. The molecule has 0 saturated carbocycles. The molecule has 1 atom stereocenters. The minimum Gasteiger partial charge on any atom is -0.370 e. The van der Waals surface area contributed by atoms with E-state index in [0.717, 1.165) is 9.75 Å². The summed E-state index contributed by atoms with van der Waals surface area (Å²) in [6.45, 7) is 5.80. The number of thiophene rings is 1. The summed E-state index contributed by atoms with van der Waals surface area (Å²) in [6.07, 6.45) is 0.694. The van der Waals surface area contributed by atoms with Crippen LogP contribution in [0.3, 0.4) is 0 Å². The van der Waals surface area contributed by atoms with Crippen LogP contribution in [0.25, 0.3) is 0 Å². The molecule has 1 rings (SSSR count). The van der Waals surface area contributed by atoms with E-state index in [4.69, 9.17) is 4.74 Å². The van der Waals surface area contributed by atoms with E-state index in [2.05, 4.69) is 0 Å². The van der Waals surface area contributed by atoms with Gasteiger partial charge < -0.3 is 4.74 Å². The maximum Gasteiger partial charge on any atom is 0.204 e. The van der Waals surface area contributed by atoms with Gasteiger partial charge >= 0.3 is 0 Å². The number of hydrogen-bond donors (Lipinski definition) is 0. The zero-order valence-electron chi connectivity index (χ0n) is 9.09. The lowest BCUT2D eigenvalue weighted by atomic mass is 9.96. The van der Waals surface area contributed by atoms with Gasteiger partial charge in [-0.25, -0.2) is 0 Å². The Kier molecular flexibility index (Phi) is 3.45. The van der Waals surface area contributed by atoms with E-state index < -0.39 is 5.60 Å². The van der Waals surface area contributed by atoms with E-state index in [1.807, 2.05) is 32.9 Å². The predicted octanol–water partition coefficient (Wildman–Crippen LogP) is 3.05. The number of rotatable bonds is 4. The van der Waals surface area contributed by atoms with Crippen LogP contribution in [0.4, 0.5) is 0 Å². The molecule has 0 amide bonds. The molecule has 1 aromatic rings. The van der Waals surface area contributed by atoms with Gasteiger partial charge in [-0.05, 0) is 32.4 Å². The normalized spacial score (nSPS) is 15.1. The lowest BCUT2D eigenvalue weighted by molar-refractivity contribution is 0.0110. The van der Waals surface area contributed by atoms with Gasteiger partial charge in [-0.2, -0.15) is 0 Å². The number of carbonyl (C=O) groups excluding carboxylic acids is 1. The lowest BCUT2D eigenvalue weighted by Gasteiger charge is -2.23. The van der Waals surface area contributed by atoms with Gasteiger partial charge in [0.2, 0.25) is 5.78 Å². The van der Waals surface area contributed by atoms with E-state index in [1.54, 1.807) is 7.11 Å². The van der Waals surface area contributed by atoms with E-state index >= 15 is 0 Å². The highest BCUT2D eigenvalue weighted by atomic mass is 32.1. The smallest absolute Gasteiger partial charge is 0.204 e. The van der Waals surface area contributed by atoms with Gasteiger partial charge in [0.1, 0.15) is 5.60 Å². The van der Waals surface area contributed by atoms with Gasteiger partial charge in [-0.15, -0.1) is 11.3 Å². The largest absolute Gasteiger partial charge is 0.370 e. The Hall–Kier alpha value is -0.670. The molecule has 3 heteroatoms. The number of aryl methyl sites for hydroxylation is 1. The molecular formula is C11H16O2S. The van der Waals surface area contributed by atoms with E-state index in [-0.39, 0.29) is 5.78 Å². The molecule has 0 fully saturated rings. The van der Waals surface area contributed by atoms with Gasteiger partial charge in [0.15, 0.2) is 0 Å². The number of methoxy groups -OCH3 is 1. The highest BCUT2D eigenvalue weighted by Crippen LogP contribution is 2.25. The summed E-state index contributed by atoms with van der Waals surface area (Å²) in [6, 6.07) is 3.83. The molecule has 2 nitrogen and oxygen atoms in total. The van der Waals surface area contributed by atoms with Crippen molar-refractivity contribution >= 4 is 17.1 Å². The van der Waals surface area contributed by atoms with Crippen molar-refractivity contribution in [3.05, 3.63) is 21.9 Å². The predicted molar refractivity (Wildman–Crippen MR) is 59.1 cm³/mol. The quantitative estimate of drug-likeness (QED) is 0.717. The van der Waals surface area contributed by atoms with Crippen LogP contribution in [-0.4, -0.2) is 18.5 Å². The minimum atomic E-state index is -0.669. The summed E-state index contributed by atoms with van der Waals surface area (Å²) in [5.74, 6) is 0.0839. The number of Topliss-reactive ketones (excluding diaryl/α,β-unsaturated/α-hetero) is 1. The molecule has 0 saturated heterocycles. The second-order valence-corrected chi connectivity index (χ2v) is 4.82. The third-order valence-corrected chi connectivity index (χ3v) is 3.57. The molecule has 0 aliphatic heterocycles. The second-order valence-electron chi connectivity index (χ2n) is 3.53. The molecule has 0 bridgehead atoms. The Morgan fingerprint density at radius 2 is 2.21 bits per heavy atom. The third-order valence-electron chi connectivity index (χ3n) is 2.57. The van der Waals surface area contributed by atoms with Crippen molar-refractivity contribution in [2.45, 2.75) is 32.8 Å². The molecule has 1 unspecified atom stereocenters. The third kappa shape index (κ3) is 2.04. The molecule has 0 aromatic carbocycles. The first-order chi connectivity index (χ1) is 6.53. The first kappa shape index (κ1) is 11.4. The maximum absolute atomic E-state index is 12.0. The van der Waals surface area contributed by atoms with Crippen molar-refractivity contribution in [2.24, 2.45) is 0 Å². The van der Waals surface area contributed by atoms with Crippen LogP contribution >= 0.6 is 11.3 Å². The van der Waals surface area contributed by atoms with E-state index in [1.165, 1.54) is 11.3 Å². The number of ketones is 1. The van der Waals surface area contributed by atoms with Crippen molar-refractivity contribution in [3.63, 3.8) is 0 Å². The Morgan fingerprint density at radius 3 is 2.57 bits per heavy atom. The maximum atomic E-state index is 12.0. The van der Waals surface area contributed by atoms with Gasteiger partial charge in [0.05, 0.1) is 4.88 Å². The first-order valence-corrected chi connectivity index (χ1v) is 5.51. The molecule has 14 heavy (non-hydrogen) atoms. The topological polar surface area (TPSA) is 26.3 Å². The van der Waals surface area contributed by atoms with Crippen LogP contribution in [0, 0.1) is 6.92 Å². The summed E-state index contributed by atoms with van der Waals surface area (Å²) in [4.78, 5) is 14.0. The number of ether oxygens (including phenoxy) is 1. The summed E-state index contributed by atoms with van der Waals surface area (Å²) >= 11 is 1.52.